The minimum atomic E-state index is -0.804. The Hall–Kier alpha value is -1.10. The number of hydrogen-bond donors (Lipinski definition) is 1. The van der Waals surface area contributed by atoms with E-state index in [-0.39, 0.29) is 5.91 Å². The van der Waals surface area contributed by atoms with Crippen molar-refractivity contribution in [1.29, 1.82) is 0 Å². The van der Waals surface area contributed by atoms with Crippen molar-refractivity contribution in [2.45, 2.75) is 18.9 Å². The Morgan fingerprint density at radius 2 is 2.07 bits per heavy atom. The number of carbonyl (C=O) groups excluding carboxylic acids is 1. The lowest BCUT2D eigenvalue weighted by molar-refractivity contribution is -0.142. The second kappa shape index (κ2) is 3.81. The Morgan fingerprint density at radius 1 is 1.40 bits per heavy atom. The summed E-state index contributed by atoms with van der Waals surface area (Å²) in [5.74, 6) is -1.17. The van der Waals surface area contributed by atoms with Crippen molar-refractivity contribution in [2.75, 3.05) is 26.7 Å². The molecule has 1 amide bonds. The summed E-state index contributed by atoms with van der Waals surface area (Å²) >= 11 is 0. The number of amides is 1. The SMILES string of the molecule is CN1CC(=O)N(C2CC2)CC(C(=O)O)C1. The molecule has 1 aliphatic heterocycles. The first-order valence-electron chi connectivity index (χ1n) is 5.28. The topological polar surface area (TPSA) is 60.9 Å². The van der Waals surface area contributed by atoms with Crippen LogP contribution in [0.4, 0.5) is 0 Å². The predicted molar refractivity (Wildman–Crippen MR) is 53.4 cm³/mol. The number of carboxylic acid groups (broad SMARTS) is 1. The zero-order valence-electron chi connectivity index (χ0n) is 8.85. The van der Waals surface area contributed by atoms with E-state index in [0.29, 0.717) is 25.7 Å². The van der Waals surface area contributed by atoms with Crippen LogP contribution in [-0.2, 0) is 9.59 Å². The van der Waals surface area contributed by atoms with E-state index < -0.39 is 11.9 Å². The van der Waals surface area contributed by atoms with Gasteiger partial charge in [0.15, 0.2) is 0 Å². The van der Waals surface area contributed by atoms with E-state index in [9.17, 15) is 9.59 Å². The van der Waals surface area contributed by atoms with E-state index in [2.05, 4.69) is 0 Å². The van der Waals surface area contributed by atoms with Gasteiger partial charge in [-0.3, -0.25) is 14.5 Å². The monoisotopic (exact) mass is 212 g/mol. The molecule has 2 aliphatic rings. The van der Waals surface area contributed by atoms with Gasteiger partial charge < -0.3 is 10.0 Å². The van der Waals surface area contributed by atoms with Crippen molar-refractivity contribution < 1.29 is 14.7 Å². The zero-order valence-corrected chi connectivity index (χ0v) is 8.85. The first-order valence-corrected chi connectivity index (χ1v) is 5.28. The molecule has 1 unspecified atom stereocenters. The van der Waals surface area contributed by atoms with Gasteiger partial charge in [0.25, 0.3) is 0 Å². The van der Waals surface area contributed by atoms with Crippen molar-refractivity contribution in [2.24, 2.45) is 5.92 Å². The number of carboxylic acids is 1. The van der Waals surface area contributed by atoms with E-state index >= 15 is 0 Å². The molecule has 1 aliphatic carbocycles. The van der Waals surface area contributed by atoms with E-state index in [1.165, 1.54) is 0 Å². The Morgan fingerprint density at radius 3 is 2.60 bits per heavy atom. The fraction of sp³-hybridized carbons (Fsp3) is 0.800. The van der Waals surface area contributed by atoms with Gasteiger partial charge in [0.1, 0.15) is 0 Å². The summed E-state index contributed by atoms with van der Waals surface area (Å²) in [5.41, 5.74) is 0. The van der Waals surface area contributed by atoms with Crippen molar-refractivity contribution in [3.8, 4) is 0 Å². The van der Waals surface area contributed by atoms with Gasteiger partial charge in [-0.05, 0) is 19.9 Å². The molecule has 0 bridgehead atoms. The molecule has 0 aromatic rings. The predicted octanol–water partition coefficient (Wildman–Crippen LogP) is -0.376. The molecule has 1 saturated heterocycles. The number of rotatable bonds is 2. The maximum absolute atomic E-state index is 11.8. The number of aliphatic carboxylic acids is 1. The summed E-state index contributed by atoms with van der Waals surface area (Å²) in [5, 5.41) is 9.02. The highest BCUT2D eigenvalue weighted by atomic mass is 16.4. The average Bonchev–Trinajstić information content (AvgIpc) is 2.92. The molecular formula is C10H16N2O3. The number of likely N-dealkylation sites (N-methyl/N-ethyl adjacent to an activating group) is 1. The number of hydrogen-bond acceptors (Lipinski definition) is 3. The van der Waals surface area contributed by atoms with Gasteiger partial charge in [-0.1, -0.05) is 0 Å². The fourth-order valence-electron chi connectivity index (χ4n) is 2.05. The van der Waals surface area contributed by atoms with Crippen molar-refractivity contribution in [3.05, 3.63) is 0 Å². The molecular weight excluding hydrogens is 196 g/mol. The number of nitrogens with zero attached hydrogens (tertiary/aromatic N) is 2. The fourth-order valence-corrected chi connectivity index (χ4v) is 2.05. The first kappa shape index (κ1) is 10.4. The lowest BCUT2D eigenvalue weighted by Crippen LogP contribution is -2.38. The summed E-state index contributed by atoms with van der Waals surface area (Å²) in [6, 6.07) is 0.311. The van der Waals surface area contributed by atoms with Crippen molar-refractivity contribution >= 4 is 11.9 Å². The molecule has 5 nitrogen and oxygen atoms in total. The largest absolute Gasteiger partial charge is 0.481 e. The lowest BCUT2D eigenvalue weighted by atomic mass is 10.1. The van der Waals surface area contributed by atoms with Crippen LogP contribution in [0, 0.1) is 5.92 Å². The highest BCUT2D eigenvalue weighted by Gasteiger charge is 2.38. The molecule has 5 heteroatoms. The van der Waals surface area contributed by atoms with Gasteiger partial charge in [-0.25, -0.2) is 0 Å². The van der Waals surface area contributed by atoms with E-state index in [0.717, 1.165) is 12.8 Å². The molecule has 2 rings (SSSR count). The normalized spacial score (nSPS) is 29.0. The molecule has 0 aromatic heterocycles. The zero-order chi connectivity index (χ0) is 11.0. The molecule has 2 fully saturated rings. The van der Waals surface area contributed by atoms with Crippen LogP contribution >= 0.6 is 0 Å². The summed E-state index contributed by atoms with van der Waals surface area (Å²) in [7, 11) is 1.80. The van der Waals surface area contributed by atoms with E-state index in [4.69, 9.17) is 5.11 Å². The summed E-state index contributed by atoms with van der Waals surface area (Å²) in [6.07, 6.45) is 2.06. The maximum atomic E-state index is 11.8. The van der Waals surface area contributed by atoms with E-state index in [1.54, 1.807) is 16.8 Å². The summed E-state index contributed by atoms with van der Waals surface area (Å²) < 4.78 is 0. The van der Waals surface area contributed by atoms with Gasteiger partial charge >= 0.3 is 5.97 Å². The van der Waals surface area contributed by atoms with Crippen LogP contribution in [0.25, 0.3) is 0 Å². The van der Waals surface area contributed by atoms with Crippen LogP contribution in [-0.4, -0.2) is 59.5 Å². The highest BCUT2D eigenvalue weighted by Crippen LogP contribution is 2.28. The van der Waals surface area contributed by atoms with Crippen LogP contribution in [0.15, 0.2) is 0 Å². The third kappa shape index (κ3) is 2.28. The molecule has 1 N–H and O–H groups in total. The third-order valence-electron chi connectivity index (χ3n) is 3.01. The minimum absolute atomic E-state index is 0.0729. The van der Waals surface area contributed by atoms with Gasteiger partial charge in [-0.15, -0.1) is 0 Å². The Bertz CT molecular complexity index is 288. The van der Waals surface area contributed by atoms with Crippen molar-refractivity contribution in [3.63, 3.8) is 0 Å². The van der Waals surface area contributed by atoms with Gasteiger partial charge in [-0.2, -0.15) is 0 Å². The quantitative estimate of drug-likeness (QED) is 0.678. The molecule has 0 radical (unpaired) electrons. The second-order valence-corrected chi connectivity index (χ2v) is 4.51. The van der Waals surface area contributed by atoms with Crippen LogP contribution in [0.5, 0.6) is 0 Å². The summed E-state index contributed by atoms with van der Waals surface area (Å²) in [6.45, 7) is 1.19. The lowest BCUT2D eigenvalue weighted by Gasteiger charge is -2.21. The van der Waals surface area contributed by atoms with Crippen LogP contribution in [0.1, 0.15) is 12.8 Å². The van der Waals surface area contributed by atoms with Crippen LogP contribution in [0.2, 0.25) is 0 Å². The highest BCUT2D eigenvalue weighted by molar-refractivity contribution is 5.81. The Kier molecular flexibility index (Phi) is 2.65. The van der Waals surface area contributed by atoms with Gasteiger partial charge in [0, 0.05) is 19.1 Å². The third-order valence-corrected chi connectivity index (χ3v) is 3.01. The number of carbonyl (C=O) groups is 2. The molecule has 15 heavy (non-hydrogen) atoms. The molecule has 84 valence electrons. The summed E-state index contributed by atoms with van der Waals surface area (Å²) in [4.78, 5) is 26.3. The molecule has 1 atom stereocenters. The first-order chi connectivity index (χ1) is 7.08. The standard InChI is InChI=1S/C10H16N2O3/c1-11-4-7(10(14)15)5-12(8-2-3-8)9(13)6-11/h7-8H,2-6H2,1H3,(H,14,15). The second-order valence-electron chi connectivity index (χ2n) is 4.51. The minimum Gasteiger partial charge on any atom is -0.481 e. The van der Waals surface area contributed by atoms with Crippen LogP contribution in [0.3, 0.4) is 0 Å². The molecule has 1 heterocycles. The smallest absolute Gasteiger partial charge is 0.309 e. The van der Waals surface area contributed by atoms with Gasteiger partial charge in [0.2, 0.25) is 5.91 Å². The Balaban J connectivity index is 2.10. The molecule has 0 spiro atoms. The average molecular weight is 212 g/mol. The maximum Gasteiger partial charge on any atom is 0.309 e. The Labute approximate surface area is 88.6 Å². The molecule has 1 saturated carbocycles. The molecule has 0 aromatic carbocycles. The van der Waals surface area contributed by atoms with E-state index in [1.807, 2.05) is 0 Å². The van der Waals surface area contributed by atoms with Crippen molar-refractivity contribution in [1.82, 2.24) is 9.80 Å². The van der Waals surface area contributed by atoms with Gasteiger partial charge in [0.05, 0.1) is 12.5 Å². The van der Waals surface area contributed by atoms with Crippen LogP contribution < -0.4 is 0 Å².